The lowest BCUT2D eigenvalue weighted by Gasteiger charge is -2.24. The predicted molar refractivity (Wildman–Crippen MR) is 90.2 cm³/mol. The zero-order chi connectivity index (χ0) is 18.6. The Hall–Kier alpha value is -2.64. The van der Waals surface area contributed by atoms with Gasteiger partial charge in [-0.05, 0) is 31.6 Å². The van der Waals surface area contributed by atoms with Crippen molar-refractivity contribution in [1.29, 1.82) is 0 Å². The maximum atomic E-state index is 12.6. The van der Waals surface area contributed by atoms with Gasteiger partial charge in [-0.1, -0.05) is 0 Å². The first-order valence-corrected chi connectivity index (χ1v) is 8.18. The standard InChI is InChI=1S/C16H21N3O3.CH2O2/c1-9-3-13(20)7-14(18-9)16(22)19(2)12-4-10-6-15(21)17-8-11(10)5-12;2-1-3/h3,7,10-12H,4-6,8H2,1-2H3,(H,17,21)(H,18,20);1H,(H,2,3)/t10-,11+,12-;/m1./s1. The van der Waals surface area contributed by atoms with Gasteiger partial charge in [0.25, 0.3) is 12.4 Å². The molecule has 2 amide bonds. The second-order valence-corrected chi connectivity index (χ2v) is 6.59. The second kappa shape index (κ2) is 7.96. The van der Waals surface area contributed by atoms with Gasteiger partial charge in [-0.15, -0.1) is 0 Å². The van der Waals surface area contributed by atoms with Crippen molar-refractivity contribution in [2.75, 3.05) is 13.6 Å². The summed E-state index contributed by atoms with van der Waals surface area (Å²) in [4.78, 5) is 48.7. The van der Waals surface area contributed by atoms with Crippen LogP contribution in [0.5, 0.6) is 0 Å². The number of aromatic nitrogens is 1. The smallest absolute Gasteiger partial charge is 0.290 e. The first-order valence-electron chi connectivity index (χ1n) is 8.18. The fourth-order valence-corrected chi connectivity index (χ4v) is 3.70. The number of rotatable bonds is 2. The average Bonchev–Trinajstić information content (AvgIpc) is 2.96. The largest absolute Gasteiger partial charge is 0.483 e. The molecule has 1 aliphatic carbocycles. The molecule has 3 atom stereocenters. The summed E-state index contributed by atoms with van der Waals surface area (Å²) in [7, 11) is 1.78. The maximum Gasteiger partial charge on any atom is 0.290 e. The molecule has 8 heteroatoms. The lowest BCUT2D eigenvalue weighted by Crippen LogP contribution is -2.38. The maximum absolute atomic E-state index is 12.6. The van der Waals surface area contributed by atoms with Gasteiger partial charge < -0.3 is 20.3 Å². The minimum Gasteiger partial charge on any atom is -0.483 e. The molecule has 136 valence electrons. The van der Waals surface area contributed by atoms with Crippen LogP contribution in [0, 0.1) is 18.8 Å². The zero-order valence-electron chi connectivity index (χ0n) is 14.3. The molecule has 3 rings (SSSR count). The number of hydrogen-bond acceptors (Lipinski definition) is 4. The fourth-order valence-electron chi connectivity index (χ4n) is 3.70. The minimum absolute atomic E-state index is 0.110. The van der Waals surface area contributed by atoms with Gasteiger partial charge in [0.15, 0.2) is 5.43 Å². The number of H-pyrrole nitrogens is 1. The molecule has 2 aliphatic rings. The molecule has 1 aromatic rings. The van der Waals surface area contributed by atoms with Gasteiger partial charge >= 0.3 is 0 Å². The number of amides is 2. The Morgan fingerprint density at radius 2 is 1.92 bits per heavy atom. The third kappa shape index (κ3) is 4.46. The number of carbonyl (C=O) groups is 3. The van der Waals surface area contributed by atoms with Crippen LogP contribution in [0.4, 0.5) is 0 Å². The molecule has 0 aromatic carbocycles. The zero-order valence-corrected chi connectivity index (χ0v) is 14.3. The summed E-state index contributed by atoms with van der Waals surface area (Å²) in [5, 5.41) is 9.79. The molecule has 2 heterocycles. The Kier molecular flexibility index (Phi) is 5.95. The van der Waals surface area contributed by atoms with Crippen molar-refractivity contribution < 1.29 is 19.5 Å². The van der Waals surface area contributed by atoms with Gasteiger partial charge in [0.2, 0.25) is 5.91 Å². The van der Waals surface area contributed by atoms with E-state index in [4.69, 9.17) is 9.90 Å². The van der Waals surface area contributed by atoms with Crippen molar-refractivity contribution in [3.63, 3.8) is 0 Å². The van der Waals surface area contributed by atoms with Crippen LogP contribution in [0.2, 0.25) is 0 Å². The lowest BCUT2D eigenvalue weighted by molar-refractivity contribution is -0.124. The van der Waals surface area contributed by atoms with Gasteiger partial charge in [0, 0.05) is 43.9 Å². The number of hydrogen-bond donors (Lipinski definition) is 3. The Balaban J connectivity index is 0.000000701. The highest BCUT2D eigenvalue weighted by atomic mass is 16.3. The molecule has 0 radical (unpaired) electrons. The Bertz CT molecular complexity index is 714. The summed E-state index contributed by atoms with van der Waals surface area (Å²) in [5.41, 5.74) is 0.846. The van der Waals surface area contributed by atoms with Crippen LogP contribution >= 0.6 is 0 Å². The molecule has 0 unspecified atom stereocenters. The number of aromatic amines is 1. The lowest BCUT2D eigenvalue weighted by atomic mass is 9.89. The van der Waals surface area contributed by atoms with E-state index in [-0.39, 0.29) is 29.8 Å². The summed E-state index contributed by atoms with van der Waals surface area (Å²) in [6, 6.07) is 2.94. The van der Waals surface area contributed by atoms with Gasteiger partial charge in [-0.3, -0.25) is 19.2 Å². The van der Waals surface area contributed by atoms with E-state index in [2.05, 4.69) is 10.3 Å². The van der Waals surface area contributed by atoms with Crippen LogP contribution in [-0.2, 0) is 9.59 Å². The molecule has 1 saturated heterocycles. The molecule has 25 heavy (non-hydrogen) atoms. The highest BCUT2D eigenvalue weighted by Gasteiger charge is 2.40. The van der Waals surface area contributed by atoms with Crippen LogP contribution in [-0.4, -0.2) is 52.9 Å². The molecule has 1 saturated carbocycles. The molecule has 1 aliphatic heterocycles. The highest BCUT2D eigenvalue weighted by Crippen LogP contribution is 2.38. The van der Waals surface area contributed by atoms with E-state index in [0.29, 0.717) is 36.2 Å². The quantitative estimate of drug-likeness (QED) is 0.667. The Morgan fingerprint density at radius 3 is 2.56 bits per heavy atom. The number of carboxylic acid groups (broad SMARTS) is 1. The van der Waals surface area contributed by atoms with Crippen molar-refractivity contribution in [2.45, 2.75) is 32.2 Å². The van der Waals surface area contributed by atoms with Crippen LogP contribution < -0.4 is 10.7 Å². The second-order valence-electron chi connectivity index (χ2n) is 6.59. The fraction of sp³-hybridized carbons (Fsp3) is 0.529. The summed E-state index contributed by atoms with van der Waals surface area (Å²) >= 11 is 0. The third-order valence-electron chi connectivity index (χ3n) is 4.90. The van der Waals surface area contributed by atoms with E-state index in [1.54, 1.807) is 18.9 Å². The highest BCUT2D eigenvalue weighted by molar-refractivity contribution is 5.92. The number of nitrogens with one attached hydrogen (secondary N) is 2. The molecule has 3 N–H and O–H groups in total. The normalized spacial score (nSPS) is 24.4. The number of carbonyl (C=O) groups excluding carboxylic acids is 2. The van der Waals surface area contributed by atoms with Crippen LogP contribution in [0.3, 0.4) is 0 Å². The number of pyridine rings is 1. The Morgan fingerprint density at radius 1 is 1.28 bits per heavy atom. The molecule has 0 bridgehead atoms. The van der Waals surface area contributed by atoms with Crippen LogP contribution in [0.15, 0.2) is 16.9 Å². The van der Waals surface area contributed by atoms with Gasteiger partial charge in [-0.2, -0.15) is 0 Å². The first-order chi connectivity index (χ1) is 11.8. The topological polar surface area (TPSA) is 120 Å². The molecule has 2 fully saturated rings. The average molecular weight is 349 g/mol. The molecular weight excluding hydrogens is 326 g/mol. The van der Waals surface area contributed by atoms with E-state index < -0.39 is 0 Å². The number of piperidine rings is 1. The van der Waals surface area contributed by atoms with E-state index in [9.17, 15) is 14.4 Å². The van der Waals surface area contributed by atoms with Crippen LogP contribution in [0.1, 0.15) is 35.4 Å². The summed E-state index contributed by atoms with van der Waals surface area (Å²) < 4.78 is 0. The molecule has 8 nitrogen and oxygen atoms in total. The van der Waals surface area contributed by atoms with E-state index >= 15 is 0 Å². The molecule has 1 aromatic heterocycles. The van der Waals surface area contributed by atoms with E-state index in [1.165, 1.54) is 12.1 Å². The van der Waals surface area contributed by atoms with Crippen molar-refractivity contribution in [3.8, 4) is 0 Å². The van der Waals surface area contributed by atoms with Crippen molar-refractivity contribution in [3.05, 3.63) is 33.7 Å². The number of fused-ring (bicyclic) bond motifs is 1. The van der Waals surface area contributed by atoms with E-state index in [0.717, 1.165) is 12.8 Å². The predicted octanol–water partition coefficient (Wildman–Crippen LogP) is 0.371. The van der Waals surface area contributed by atoms with E-state index in [1.807, 2.05) is 0 Å². The van der Waals surface area contributed by atoms with Gasteiger partial charge in [-0.25, -0.2) is 0 Å². The van der Waals surface area contributed by atoms with Crippen molar-refractivity contribution in [1.82, 2.24) is 15.2 Å². The van der Waals surface area contributed by atoms with Crippen molar-refractivity contribution >= 4 is 18.3 Å². The SMILES string of the molecule is Cc1cc(=O)cc(C(=O)N(C)[C@H]2C[C@H]3CNC(=O)C[C@H]3C2)[nH]1.O=CO. The molecule has 0 spiro atoms. The van der Waals surface area contributed by atoms with Gasteiger partial charge in [0.1, 0.15) is 5.69 Å². The summed E-state index contributed by atoms with van der Waals surface area (Å²) in [6.45, 7) is 2.23. The first kappa shape index (κ1) is 18.7. The number of nitrogens with zero attached hydrogens (tertiary/aromatic N) is 1. The van der Waals surface area contributed by atoms with Crippen molar-refractivity contribution in [2.24, 2.45) is 11.8 Å². The third-order valence-corrected chi connectivity index (χ3v) is 4.90. The monoisotopic (exact) mass is 349 g/mol. The van der Waals surface area contributed by atoms with Gasteiger partial charge in [0.05, 0.1) is 0 Å². The number of aryl methyl sites for hydroxylation is 1. The van der Waals surface area contributed by atoms with Crippen LogP contribution in [0.25, 0.3) is 0 Å². The Labute approximate surface area is 145 Å². The summed E-state index contributed by atoms with van der Waals surface area (Å²) in [5.74, 6) is 0.766. The summed E-state index contributed by atoms with van der Waals surface area (Å²) in [6.07, 6.45) is 2.32. The minimum atomic E-state index is -0.250. The molecular formula is C17H23N3O5.